The maximum atomic E-state index is 10.1. The Kier molecular flexibility index (Phi) is 22.5. The molecule has 0 unspecified atom stereocenters. The molecule has 0 amide bonds. The van der Waals surface area contributed by atoms with Crippen molar-refractivity contribution in [2.75, 3.05) is 12.9 Å². The Morgan fingerprint density at radius 3 is 1.55 bits per heavy atom. The van der Waals surface area contributed by atoms with E-state index in [2.05, 4.69) is 38.1 Å². The second kappa shape index (κ2) is 19.6. The van der Waals surface area contributed by atoms with E-state index in [1.165, 1.54) is 45.6 Å². The Morgan fingerprint density at radius 2 is 1.35 bits per heavy atom. The van der Waals surface area contributed by atoms with Gasteiger partial charge in [-0.3, -0.25) is 4.79 Å². The van der Waals surface area contributed by atoms with Crippen LogP contribution in [0.4, 0.5) is 0 Å². The second-order valence-corrected chi connectivity index (χ2v) is 14.1. The molecule has 4 heteroatoms. The van der Waals surface area contributed by atoms with Gasteiger partial charge in [-0.2, -0.15) is 12.6 Å². The van der Waals surface area contributed by atoms with E-state index < -0.39 is 19.8 Å². The van der Waals surface area contributed by atoms with Crippen molar-refractivity contribution in [3.8, 4) is 0 Å². The van der Waals surface area contributed by atoms with Gasteiger partial charge >= 0.3 is 98.3 Å². The molecule has 0 aliphatic heterocycles. The zero-order chi connectivity index (χ0) is 15.6. The average Bonchev–Trinajstić information content (AvgIpc) is 2.47. The molecule has 20 heavy (non-hydrogen) atoms. The van der Waals surface area contributed by atoms with Gasteiger partial charge in [0.1, 0.15) is 0 Å². The summed E-state index contributed by atoms with van der Waals surface area (Å²) >= 11 is 2.97. The van der Waals surface area contributed by atoms with E-state index in [1.54, 1.807) is 13.3 Å². The largest absolute Gasteiger partial charge is 0.469 e. The van der Waals surface area contributed by atoms with Crippen LogP contribution in [0, 0.1) is 0 Å². The summed E-state index contributed by atoms with van der Waals surface area (Å²) in [5.74, 6) is 0.363. The first kappa shape index (κ1) is 22.9. The van der Waals surface area contributed by atoms with Gasteiger partial charge in [0, 0.05) is 5.75 Å². The van der Waals surface area contributed by atoms with E-state index in [0.29, 0.717) is 12.2 Å². The number of carbonyl (C=O) groups excluding carboxylic acids is 1. The van der Waals surface area contributed by atoms with Gasteiger partial charge in [-0.15, -0.1) is 0 Å². The van der Waals surface area contributed by atoms with Gasteiger partial charge in [0.15, 0.2) is 0 Å². The fraction of sp³-hybridized carbons (Fsp3) is 0.938. The molecule has 0 heterocycles. The van der Waals surface area contributed by atoms with Crippen LogP contribution in [0.25, 0.3) is 0 Å². The first-order chi connectivity index (χ1) is 9.65. The first-order valence-electron chi connectivity index (χ1n) is 8.17. The smallest absolute Gasteiger partial charge is 0.306 e. The van der Waals surface area contributed by atoms with Crippen molar-refractivity contribution in [3.63, 3.8) is 0 Å². The summed E-state index contributed by atoms with van der Waals surface area (Å²) in [6, 6.07) is 0. The fourth-order valence-corrected chi connectivity index (χ4v) is 11.5. The van der Waals surface area contributed by atoms with E-state index in [9.17, 15) is 4.79 Å². The number of unbranched alkanes of at least 4 members (excludes halogenated alkanes) is 3. The summed E-state index contributed by atoms with van der Waals surface area (Å²) in [6.07, 6.45) is 9.25. The van der Waals surface area contributed by atoms with Gasteiger partial charge in [-0.1, -0.05) is 0 Å². The van der Waals surface area contributed by atoms with Gasteiger partial charge < -0.3 is 4.74 Å². The predicted octanol–water partition coefficient (Wildman–Crippen LogP) is 5.36. The molecule has 0 saturated carbocycles. The van der Waals surface area contributed by atoms with E-state index in [1.807, 2.05) is 0 Å². The number of hydrogen-bond acceptors (Lipinski definition) is 3. The zero-order valence-electron chi connectivity index (χ0n) is 14.0. The van der Waals surface area contributed by atoms with E-state index in [-0.39, 0.29) is 5.97 Å². The fourth-order valence-electron chi connectivity index (χ4n) is 1.85. The quantitative estimate of drug-likeness (QED) is 0.282. The van der Waals surface area contributed by atoms with Gasteiger partial charge in [-0.05, 0) is 0 Å². The molecular formula is C16H35O2SSn+. The van der Waals surface area contributed by atoms with E-state index in [4.69, 9.17) is 0 Å². The molecule has 0 bridgehead atoms. The van der Waals surface area contributed by atoms with Crippen LogP contribution in [-0.2, 0) is 9.53 Å². The number of thiol groups is 1. The van der Waals surface area contributed by atoms with Gasteiger partial charge in [0.2, 0.25) is 0 Å². The van der Waals surface area contributed by atoms with Crippen molar-refractivity contribution in [2.45, 2.75) is 79.0 Å². The summed E-state index contributed by atoms with van der Waals surface area (Å²) < 4.78 is 9.34. The molecule has 0 radical (unpaired) electrons. The molecule has 0 aromatic carbocycles. The van der Waals surface area contributed by atoms with Crippen LogP contribution in [0.1, 0.15) is 65.7 Å². The molecule has 0 N–H and O–H groups in total. The normalized spacial score (nSPS) is 9.65. The van der Waals surface area contributed by atoms with Crippen molar-refractivity contribution in [1.82, 2.24) is 0 Å². The molecule has 2 nitrogen and oxygen atoms in total. The van der Waals surface area contributed by atoms with Crippen LogP contribution in [0.15, 0.2) is 0 Å². The summed E-state index contributed by atoms with van der Waals surface area (Å²) in [5, 5.41) is 0. The molecule has 0 aromatic heterocycles. The molecule has 0 aliphatic carbocycles. The van der Waals surface area contributed by atoms with Crippen LogP contribution in [0.2, 0.25) is 13.3 Å². The van der Waals surface area contributed by atoms with Gasteiger partial charge in [-0.25, -0.2) is 0 Å². The average molecular weight is 410 g/mol. The molecule has 0 atom stereocenters. The molecule has 0 spiro atoms. The first-order valence-corrected chi connectivity index (χ1v) is 14.9. The molecule has 0 fully saturated rings. The molecular weight excluding hydrogens is 375 g/mol. The number of ether oxygens (including phenoxy) is 1. The van der Waals surface area contributed by atoms with Gasteiger partial charge in [0.05, 0.1) is 13.5 Å². The number of carbonyl (C=O) groups is 1. The number of esters is 1. The third-order valence-corrected chi connectivity index (χ3v) is 12.5. The van der Waals surface area contributed by atoms with Crippen LogP contribution in [-0.4, -0.2) is 38.6 Å². The third kappa shape index (κ3) is 18.6. The SMILES string of the molecule is CCC[CH2][Sn+]([CH2]CCC)[CH2]CCC.COC(=O)CCS. The summed E-state index contributed by atoms with van der Waals surface area (Å²) in [6.45, 7) is 7.00. The maximum Gasteiger partial charge on any atom is 0.306 e. The minimum Gasteiger partial charge on any atom is -0.469 e. The zero-order valence-corrected chi connectivity index (χ0v) is 17.8. The van der Waals surface area contributed by atoms with Crippen LogP contribution < -0.4 is 0 Å². The summed E-state index contributed by atoms with van der Waals surface area (Å²) in [5.41, 5.74) is 0. The van der Waals surface area contributed by atoms with Crippen molar-refractivity contribution < 1.29 is 9.53 Å². The maximum absolute atomic E-state index is 10.1. The molecule has 120 valence electrons. The summed E-state index contributed by atoms with van der Waals surface area (Å²) in [4.78, 5) is 10.1. The molecule has 0 aromatic rings. The van der Waals surface area contributed by atoms with Crippen molar-refractivity contribution >= 4 is 38.4 Å². The Hall–Kier alpha value is 0.619. The number of rotatable bonds is 11. The van der Waals surface area contributed by atoms with E-state index in [0.717, 1.165) is 0 Å². The number of hydrogen-bond donors (Lipinski definition) is 1. The van der Waals surface area contributed by atoms with Crippen LogP contribution in [0.3, 0.4) is 0 Å². The minimum absolute atomic E-state index is 0.199. The Labute approximate surface area is 139 Å². The monoisotopic (exact) mass is 411 g/mol. The van der Waals surface area contributed by atoms with Crippen LogP contribution >= 0.6 is 12.6 Å². The summed E-state index contributed by atoms with van der Waals surface area (Å²) in [7, 11) is 1.37. The van der Waals surface area contributed by atoms with Gasteiger partial charge in [0.25, 0.3) is 0 Å². The Balaban J connectivity index is 0. The van der Waals surface area contributed by atoms with Crippen molar-refractivity contribution in [3.05, 3.63) is 0 Å². The predicted molar refractivity (Wildman–Crippen MR) is 95.4 cm³/mol. The Bertz CT molecular complexity index is 182. The molecule has 0 aliphatic rings. The van der Waals surface area contributed by atoms with E-state index >= 15 is 0 Å². The second-order valence-electron chi connectivity index (χ2n) is 5.11. The standard InChI is InChI=1S/C4H8O2S.3C4H9.Sn/c1-6-4(5)2-3-7;3*1-3-4-2;/h7H,2-3H2,1H3;3*1,3-4H2,2H3;/q;;;;+1. The van der Waals surface area contributed by atoms with Crippen molar-refractivity contribution in [2.24, 2.45) is 0 Å². The van der Waals surface area contributed by atoms with Crippen LogP contribution in [0.5, 0.6) is 0 Å². The molecule has 0 saturated heterocycles. The number of methoxy groups -OCH3 is 1. The Morgan fingerprint density at radius 1 is 0.950 bits per heavy atom. The topological polar surface area (TPSA) is 26.3 Å². The minimum atomic E-state index is -0.839. The van der Waals surface area contributed by atoms with Crippen molar-refractivity contribution in [1.29, 1.82) is 0 Å². The molecule has 0 rings (SSSR count). The third-order valence-electron chi connectivity index (χ3n) is 3.20.